The van der Waals surface area contributed by atoms with Gasteiger partial charge in [0, 0.05) is 42.9 Å². The number of likely N-dealkylation sites (N-methyl/N-ethyl adjacent to an activating group) is 1. The minimum Gasteiger partial charge on any atom is -0.443 e. The van der Waals surface area contributed by atoms with Crippen LogP contribution < -0.4 is 10.6 Å². The van der Waals surface area contributed by atoms with Gasteiger partial charge >= 0.3 is 6.09 Å². The molecule has 3 atom stereocenters. The van der Waals surface area contributed by atoms with Crippen LogP contribution in [0.5, 0.6) is 0 Å². The molecule has 3 aliphatic rings. The SMILES string of the molecule is CCN(C(=O)OC(C)(C)C)C1=C2NC(=O)C(C)(N3CCC[C@@H](Nc4ccc(C#N)cc4)C3)C2CC(F)=C1. The van der Waals surface area contributed by atoms with Crippen molar-refractivity contribution in [3.63, 3.8) is 0 Å². The molecule has 8 nitrogen and oxygen atoms in total. The van der Waals surface area contributed by atoms with E-state index < -0.39 is 23.2 Å². The van der Waals surface area contributed by atoms with Crippen LogP contribution in [0, 0.1) is 17.2 Å². The van der Waals surface area contributed by atoms with Crippen LogP contribution in [0.2, 0.25) is 0 Å². The molecule has 0 radical (unpaired) electrons. The summed E-state index contributed by atoms with van der Waals surface area (Å²) < 4.78 is 20.6. The fourth-order valence-corrected chi connectivity index (χ4v) is 5.49. The van der Waals surface area contributed by atoms with Gasteiger partial charge in [0.05, 0.1) is 17.3 Å². The molecule has 2 amide bonds. The molecule has 37 heavy (non-hydrogen) atoms. The molecule has 2 N–H and O–H groups in total. The zero-order valence-corrected chi connectivity index (χ0v) is 22.2. The molecule has 4 rings (SSSR count). The van der Waals surface area contributed by atoms with E-state index in [-0.39, 0.29) is 30.7 Å². The first-order chi connectivity index (χ1) is 17.5. The molecule has 2 heterocycles. The number of nitrogens with zero attached hydrogens (tertiary/aromatic N) is 3. The van der Waals surface area contributed by atoms with Gasteiger partial charge in [-0.25, -0.2) is 9.18 Å². The summed E-state index contributed by atoms with van der Waals surface area (Å²) in [7, 11) is 0. The van der Waals surface area contributed by atoms with E-state index in [0.717, 1.165) is 18.5 Å². The summed E-state index contributed by atoms with van der Waals surface area (Å²) in [6.45, 7) is 10.6. The van der Waals surface area contributed by atoms with E-state index >= 15 is 4.39 Å². The van der Waals surface area contributed by atoms with Gasteiger partial charge in [0.15, 0.2) is 0 Å². The second kappa shape index (κ2) is 10.2. The highest BCUT2D eigenvalue weighted by atomic mass is 19.1. The Bertz CT molecular complexity index is 1160. The van der Waals surface area contributed by atoms with Gasteiger partial charge < -0.3 is 15.4 Å². The van der Waals surface area contributed by atoms with Crippen molar-refractivity contribution in [3.8, 4) is 6.07 Å². The van der Waals surface area contributed by atoms with Crippen LogP contribution in [-0.4, -0.2) is 58.6 Å². The highest BCUT2D eigenvalue weighted by Gasteiger charge is 2.56. The lowest BCUT2D eigenvalue weighted by molar-refractivity contribution is -0.131. The number of carbonyl (C=O) groups is 2. The van der Waals surface area contributed by atoms with Gasteiger partial charge in [0.25, 0.3) is 0 Å². The van der Waals surface area contributed by atoms with Crippen molar-refractivity contribution in [2.24, 2.45) is 5.92 Å². The standard InChI is InChI=1S/C28H36FN5O3/c1-6-34(26(36)37-27(2,3)4)23-15-19(29)14-22-24(23)32-25(35)28(22,5)33-13-7-8-21(17-33)31-20-11-9-18(16-30)10-12-20/h9-12,15,21-22,31H,6-8,13-14,17H2,1-5H3,(H,32,35)/t21-,22?,28?/m1/s1. The smallest absolute Gasteiger partial charge is 0.414 e. The Morgan fingerprint density at radius 2 is 2.05 bits per heavy atom. The second-order valence-electron chi connectivity index (χ2n) is 11.1. The molecule has 0 bridgehead atoms. The third kappa shape index (κ3) is 5.35. The van der Waals surface area contributed by atoms with Crippen molar-refractivity contribution in [1.82, 2.24) is 15.1 Å². The van der Waals surface area contributed by atoms with Crippen LogP contribution in [0.15, 0.2) is 47.6 Å². The Morgan fingerprint density at radius 3 is 2.68 bits per heavy atom. The maximum Gasteiger partial charge on any atom is 0.414 e. The number of benzene rings is 1. The summed E-state index contributed by atoms with van der Waals surface area (Å²) >= 11 is 0. The number of amides is 2. The Morgan fingerprint density at radius 1 is 1.35 bits per heavy atom. The summed E-state index contributed by atoms with van der Waals surface area (Å²) in [5.41, 5.74) is 0.767. The van der Waals surface area contributed by atoms with Crippen LogP contribution in [0.1, 0.15) is 59.4 Å². The molecule has 2 saturated heterocycles. The maximum absolute atomic E-state index is 15.1. The van der Waals surface area contributed by atoms with Crippen LogP contribution in [0.3, 0.4) is 0 Å². The number of carbonyl (C=O) groups excluding carboxylic acids is 2. The maximum atomic E-state index is 15.1. The molecule has 1 aliphatic carbocycles. The van der Waals surface area contributed by atoms with E-state index in [1.54, 1.807) is 39.8 Å². The van der Waals surface area contributed by atoms with E-state index in [4.69, 9.17) is 10.00 Å². The molecule has 0 aromatic heterocycles. The third-order valence-electron chi connectivity index (χ3n) is 7.39. The Labute approximate surface area is 218 Å². The summed E-state index contributed by atoms with van der Waals surface area (Å²) in [6.07, 6.45) is 2.67. The Kier molecular flexibility index (Phi) is 7.33. The topological polar surface area (TPSA) is 97.7 Å². The van der Waals surface area contributed by atoms with Crippen molar-refractivity contribution >= 4 is 17.7 Å². The quantitative estimate of drug-likeness (QED) is 0.599. The molecule has 2 fully saturated rings. The van der Waals surface area contributed by atoms with Crippen LogP contribution in [-0.2, 0) is 9.53 Å². The number of halogens is 1. The summed E-state index contributed by atoms with van der Waals surface area (Å²) in [6, 6.07) is 9.52. The predicted octanol–water partition coefficient (Wildman–Crippen LogP) is 4.66. The van der Waals surface area contributed by atoms with Crippen molar-refractivity contribution in [3.05, 3.63) is 53.1 Å². The largest absolute Gasteiger partial charge is 0.443 e. The van der Waals surface area contributed by atoms with Gasteiger partial charge in [-0.1, -0.05) is 0 Å². The van der Waals surface area contributed by atoms with Crippen molar-refractivity contribution in [2.75, 3.05) is 25.0 Å². The number of fused-ring (bicyclic) bond motifs is 1. The molecule has 9 heteroatoms. The number of rotatable bonds is 5. The number of allylic oxidation sites excluding steroid dienone is 2. The molecule has 0 spiro atoms. The second-order valence-corrected chi connectivity index (χ2v) is 11.1. The molecular weight excluding hydrogens is 473 g/mol. The third-order valence-corrected chi connectivity index (χ3v) is 7.39. The number of nitrogens with one attached hydrogen (secondary N) is 2. The zero-order valence-electron chi connectivity index (χ0n) is 22.2. The fourth-order valence-electron chi connectivity index (χ4n) is 5.49. The average Bonchev–Trinajstić information content (AvgIpc) is 3.10. The van der Waals surface area contributed by atoms with Gasteiger partial charge in [-0.3, -0.25) is 14.6 Å². The van der Waals surface area contributed by atoms with Gasteiger partial charge in [-0.2, -0.15) is 5.26 Å². The van der Waals surface area contributed by atoms with Gasteiger partial charge in [-0.15, -0.1) is 0 Å². The van der Waals surface area contributed by atoms with Crippen molar-refractivity contribution in [2.45, 2.75) is 71.1 Å². The lowest BCUT2D eigenvalue weighted by Gasteiger charge is -2.45. The van der Waals surface area contributed by atoms with Gasteiger partial charge in [0.1, 0.15) is 17.0 Å². The van der Waals surface area contributed by atoms with Gasteiger partial charge in [-0.05, 0) is 84.3 Å². The first-order valence-corrected chi connectivity index (χ1v) is 12.9. The van der Waals surface area contributed by atoms with Gasteiger partial charge in [0.2, 0.25) is 5.91 Å². The number of hydrogen-bond acceptors (Lipinski definition) is 6. The molecular formula is C28H36FN5O3. The number of hydrogen-bond donors (Lipinski definition) is 2. The Hall–Kier alpha value is -3.38. The van der Waals surface area contributed by atoms with Crippen molar-refractivity contribution in [1.29, 1.82) is 5.26 Å². The highest BCUT2D eigenvalue weighted by Crippen LogP contribution is 2.45. The van der Waals surface area contributed by atoms with Crippen LogP contribution >= 0.6 is 0 Å². The average molecular weight is 510 g/mol. The normalized spacial score (nSPS) is 26.1. The number of nitriles is 1. The van der Waals surface area contributed by atoms with E-state index in [0.29, 0.717) is 30.0 Å². The minimum atomic E-state index is -0.968. The minimum absolute atomic E-state index is 0.0875. The summed E-state index contributed by atoms with van der Waals surface area (Å²) in [5.74, 6) is -1.00. The van der Waals surface area contributed by atoms with Crippen molar-refractivity contribution < 1.29 is 18.7 Å². The molecule has 2 unspecified atom stereocenters. The fraction of sp³-hybridized carbons (Fsp3) is 0.536. The van der Waals surface area contributed by atoms with E-state index in [9.17, 15) is 9.59 Å². The monoisotopic (exact) mass is 509 g/mol. The van der Waals surface area contributed by atoms with E-state index in [1.165, 1.54) is 11.0 Å². The molecule has 2 aliphatic heterocycles. The zero-order chi connectivity index (χ0) is 27.0. The van der Waals surface area contributed by atoms with E-state index in [1.807, 2.05) is 19.1 Å². The number of likely N-dealkylation sites (tertiary alicyclic amines) is 1. The Balaban J connectivity index is 1.59. The molecule has 1 aromatic carbocycles. The number of ether oxygens (including phenoxy) is 1. The lowest BCUT2D eigenvalue weighted by Crippen LogP contribution is -2.59. The lowest BCUT2D eigenvalue weighted by atomic mass is 9.78. The number of anilines is 1. The molecule has 1 aromatic rings. The molecule has 0 saturated carbocycles. The van der Waals surface area contributed by atoms with Crippen LogP contribution in [0.4, 0.5) is 14.9 Å². The predicted molar refractivity (Wildman–Crippen MR) is 139 cm³/mol. The summed E-state index contributed by atoms with van der Waals surface area (Å²) in [5, 5.41) is 15.6. The molecule has 198 valence electrons. The first kappa shape index (κ1) is 26.7. The van der Waals surface area contributed by atoms with E-state index in [2.05, 4.69) is 21.6 Å². The first-order valence-electron chi connectivity index (χ1n) is 12.9. The number of piperidine rings is 1. The van der Waals surface area contributed by atoms with Crippen LogP contribution in [0.25, 0.3) is 0 Å². The summed E-state index contributed by atoms with van der Waals surface area (Å²) in [4.78, 5) is 30.0. The highest BCUT2D eigenvalue weighted by molar-refractivity contribution is 5.92.